The van der Waals surface area contributed by atoms with Gasteiger partial charge in [-0.05, 0) is 43.7 Å². The summed E-state index contributed by atoms with van der Waals surface area (Å²) in [6.45, 7) is 2.51. The van der Waals surface area contributed by atoms with Gasteiger partial charge in [-0.1, -0.05) is 30.3 Å². The highest BCUT2D eigenvalue weighted by Gasteiger charge is 2.15. The molecule has 0 aliphatic carbocycles. The number of allylic oxidation sites excluding steroid dienone is 1. The molecule has 0 aliphatic heterocycles. The number of aliphatic hydroxyl groups excluding tert-OH is 1. The van der Waals surface area contributed by atoms with Gasteiger partial charge in [-0.15, -0.1) is 0 Å². The third-order valence-electron chi connectivity index (χ3n) is 3.69. The van der Waals surface area contributed by atoms with Crippen molar-refractivity contribution in [1.82, 2.24) is 0 Å². The number of esters is 1. The first-order valence-electron chi connectivity index (χ1n) is 8.31. The van der Waals surface area contributed by atoms with Gasteiger partial charge in [0.15, 0.2) is 5.78 Å². The Morgan fingerprint density at radius 1 is 1.00 bits per heavy atom. The standard InChI is InChI=1S/C21H21NO5/c1-14(22)20(15(2)23)19(24)13-27-21(25)17-10-8-16(9-11-17)12-26-18-6-4-3-5-7-18/h3-11,22,24H,12-13H2,1-2H3/b20-19-,22-14?. The molecule has 0 aromatic heterocycles. The molecule has 2 aromatic rings. The zero-order chi connectivity index (χ0) is 19.8. The van der Waals surface area contributed by atoms with Crippen LogP contribution in [0.2, 0.25) is 0 Å². The molecule has 0 saturated carbocycles. The van der Waals surface area contributed by atoms with Crippen molar-refractivity contribution in [2.75, 3.05) is 6.61 Å². The van der Waals surface area contributed by atoms with Crippen molar-refractivity contribution >= 4 is 17.5 Å². The summed E-state index contributed by atoms with van der Waals surface area (Å²) in [5.41, 5.74) is 0.966. The lowest BCUT2D eigenvalue weighted by Crippen LogP contribution is -2.15. The summed E-state index contributed by atoms with van der Waals surface area (Å²) in [6.07, 6.45) is 0. The molecule has 0 bridgehead atoms. The number of Topliss-reactive ketones (excluding diaryl/α,β-unsaturated/α-hetero) is 1. The van der Waals surface area contributed by atoms with Gasteiger partial charge in [0.25, 0.3) is 0 Å². The molecule has 0 atom stereocenters. The highest BCUT2D eigenvalue weighted by atomic mass is 16.5. The summed E-state index contributed by atoms with van der Waals surface area (Å²) in [5.74, 6) is -0.774. The molecular formula is C21H21NO5. The maximum atomic E-state index is 12.1. The Hall–Kier alpha value is -3.41. The van der Waals surface area contributed by atoms with Gasteiger partial charge in [0.05, 0.1) is 11.1 Å². The average Bonchev–Trinajstić information content (AvgIpc) is 2.65. The van der Waals surface area contributed by atoms with Gasteiger partial charge >= 0.3 is 5.97 Å². The molecule has 6 nitrogen and oxygen atoms in total. The van der Waals surface area contributed by atoms with Crippen LogP contribution in [0.25, 0.3) is 0 Å². The third kappa shape index (κ3) is 5.81. The zero-order valence-corrected chi connectivity index (χ0v) is 15.2. The minimum absolute atomic E-state index is 0.0844. The Morgan fingerprint density at radius 3 is 2.19 bits per heavy atom. The van der Waals surface area contributed by atoms with Crippen molar-refractivity contribution in [1.29, 1.82) is 5.41 Å². The zero-order valence-electron chi connectivity index (χ0n) is 15.2. The van der Waals surface area contributed by atoms with E-state index < -0.39 is 24.1 Å². The molecule has 0 radical (unpaired) electrons. The topological polar surface area (TPSA) is 96.7 Å². The maximum absolute atomic E-state index is 12.1. The Bertz CT molecular complexity index is 838. The van der Waals surface area contributed by atoms with Gasteiger partial charge in [-0.25, -0.2) is 4.79 Å². The van der Waals surface area contributed by atoms with Crippen molar-refractivity contribution < 1.29 is 24.2 Å². The quantitative estimate of drug-likeness (QED) is 0.320. The number of rotatable bonds is 8. The summed E-state index contributed by atoms with van der Waals surface area (Å²) >= 11 is 0. The molecule has 140 valence electrons. The van der Waals surface area contributed by atoms with E-state index in [0.29, 0.717) is 12.2 Å². The van der Waals surface area contributed by atoms with Crippen LogP contribution in [0, 0.1) is 5.41 Å². The molecule has 2 aromatic carbocycles. The fraction of sp³-hybridized carbons (Fsp3) is 0.190. The first-order chi connectivity index (χ1) is 12.9. The van der Waals surface area contributed by atoms with Gasteiger partial charge < -0.3 is 20.0 Å². The first kappa shape index (κ1) is 19.9. The first-order valence-corrected chi connectivity index (χ1v) is 8.31. The van der Waals surface area contributed by atoms with E-state index >= 15 is 0 Å². The lowest BCUT2D eigenvalue weighted by molar-refractivity contribution is -0.113. The summed E-state index contributed by atoms with van der Waals surface area (Å²) in [5, 5.41) is 17.4. The van der Waals surface area contributed by atoms with Crippen molar-refractivity contribution in [3.8, 4) is 5.75 Å². The van der Waals surface area contributed by atoms with Crippen molar-refractivity contribution in [3.63, 3.8) is 0 Å². The van der Waals surface area contributed by atoms with Crippen LogP contribution in [-0.4, -0.2) is 29.2 Å². The fourth-order valence-electron chi connectivity index (χ4n) is 2.39. The second-order valence-corrected chi connectivity index (χ2v) is 5.88. The molecule has 0 unspecified atom stereocenters. The molecule has 0 fully saturated rings. The number of hydrogen-bond acceptors (Lipinski definition) is 6. The van der Waals surface area contributed by atoms with E-state index in [2.05, 4.69) is 0 Å². The largest absolute Gasteiger partial charge is 0.508 e. The number of benzene rings is 2. The Balaban J connectivity index is 1.94. The van der Waals surface area contributed by atoms with Gasteiger partial charge in [-0.3, -0.25) is 4.79 Å². The van der Waals surface area contributed by atoms with Crippen LogP contribution in [0.15, 0.2) is 65.9 Å². The molecule has 0 heterocycles. The Morgan fingerprint density at radius 2 is 1.63 bits per heavy atom. The molecule has 2 rings (SSSR count). The normalized spacial score (nSPS) is 11.3. The number of aliphatic hydroxyl groups is 1. The number of nitrogens with one attached hydrogen (secondary N) is 1. The summed E-state index contributed by atoms with van der Waals surface area (Å²) in [7, 11) is 0. The summed E-state index contributed by atoms with van der Waals surface area (Å²) < 4.78 is 10.6. The van der Waals surface area contributed by atoms with Crippen molar-refractivity contribution in [3.05, 3.63) is 77.1 Å². The van der Waals surface area contributed by atoms with E-state index in [0.717, 1.165) is 11.3 Å². The lowest BCUT2D eigenvalue weighted by Gasteiger charge is -2.09. The molecular weight excluding hydrogens is 346 g/mol. The van der Waals surface area contributed by atoms with Crippen LogP contribution in [0.3, 0.4) is 0 Å². The third-order valence-corrected chi connectivity index (χ3v) is 3.69. The van der Waals surface area contributed by atoms with Crippen LogP contribution in [0.5, 0.6) is 5.75 Å². The second-order valence-electron chi connectivity index (χ2n) is 5.88. The Labute approximate surface area is 157 Å². The number of ketones is 1. The second kappa shape index (κ2) is 9.33. The SMILES string of the molecule is CC(=N)/C(C(C)=O)=C(/O)COC(=O)c1ccc(COc2ccccc2)cc1. The molecule has 27 heavy (non-hydrogen) atoms. The highest BCUT2D eigenvalue weighted by molar-refractivity contribution is 6.19. The molecule has 2 N–H and O–H groups in total. The fourth-order valence-corrected chi connectivity index (χ4v) is 2.39. The van der Waals surface area contributed by atoms with Gasteiger partial charge in [0.1, 0.15) is 24.7 Å². The average molecular weight is 367 g/mol. The van der Waals surface area contributed by atoms with Gasteiger partial charge in [0.2, 0.25) is 0 Å². The van der Waals surface area contributed by atoms with E-state index in [4.69, 9.17) is 14.9 Å². The smallest absolute Gasteiger partial charge is 0.338 e. The van der Waals surface area contributed by atoms with Gasteiger partial charge in [-0.2, -0.15) is 0 Å². The van der Waals surface area contributed by atoms with Crippen LogP contribution in [-0.2, 0) is 16.1 Å². The number of ether oxygens (including phenoxy) is 2. The van der Waals surface area contributed by atoms with E-state index in [1.54, 1.807) is 24.3 Å². The van der Waals surface area contributed by atoms with E-state index in [9.17, 15) is 14.7 Å². The lowest BCUT2D eigenvalue weighted by atomic mass is 10.1. The maximum Gasteiger partial charge on any atom is 0.338 e. The summed E-state index contributed by atoms with van der Waals surface area (Å²) in [4.78, 5) is 23.5. The van der Waals surface area contributed by atoms with Crippen molar-refractivity contribution in [2.24, 2.45) is 0 Å². The minimum atomic E-state index is -0.636. The van der Waals surface area contributed by atoms with E-state index in [1.807, 2.05) is 30.3 Å². The summed E-state index contributed by atoms with van der Waals surface area (Å²) in [6, 6.07) is 16.1. The molecule has 6 heteroatoms. The number of carbonyl (C=O) groups excluding carboxylic acids is 2. The number of para-hydroxylation sites is 1. The van der Waals surface area contributed by atoms with E-state index in [1.165, 1.54) is 13.8 Å². The monoisotopic (exact) mass is 367 g/mol. The molecule has 0 aliphatic rings. The van der Waals surface area contributed by atoms with Crippen LogP contribution in [0.1, 0.15) is 29.8 Å². The Kier molecular flexibility index (Phi) is 6.88. The van der Waals surface area contributed by atoms with Gasteiger partial charge in [0, 0.05) is 5.71 Å². The highest BCUT2D eigenvalue weighted by Crippen LogP contribution is 2.13. The van der Waals surface area contributed by atoms with Crippen LogP contribution in [0.4, 0.5) is 0 Å². The minimum Gasteiger partial charge on any atom is -0.508 e. The van der Waals surface area contributed by atoms with E-state index in [-0.39, 0.29) is 11.3 Å². The molecule has 0 amide bonds. The number of hydrogen-bond donors (Lipinski definition) is 2. The predicted molar refractivity (Wildman–Crippen MR) is 101 cm³/mol. The molecule has 0 spiro atoms. The molecule has 0 saturated heterocycles. The number of carbonyl (C=O) groups is 2. The van der Waals surface area contributed by atoms with Crippen molar-refractivity contribution in [2.45, 2.75) is 20.5 Å². The van der Waals surface area contributed by atoms with Crippen LogP contribution >= 0.6 is 0 Å². The predicted octanol–water partition coefficient (Wildman–Crippen LogP) is 3.86. The van der Waals surface area contributed by atoms with Crippen LogP contribution < -0.4 is 4.74 Å².